The maximum atomic E-state index is 4.50. The molecule has 0 fully saturated rings. The fourth-order valence-electron chi connectivity index (χ4n) is 2.32. The number of hydrogen-bond acceptors (Lipinski definition) is 4. The van der Waals surface area contributed by atoms with Crippen LogP contribution in [-0.4, -0.2) is 9.97 Å². The first-order valence-electron chi connectivity index (χ1n) is 6.73. The van der Waals surface area contributed by atoms with Gasteiger partial charge in [0.2, 0.25) is 0 Å². The smallest absolute Gasteiger partial charge is 0.0809 e. The van der Waals surface area contributed by atoms with Crippen LogP contribution in [0.4, 0.5) is 0 Å². The van der Waals surface area contributed by atoms with Crippen LogP contribution >= 0.6 is 11.3 Å². The zero-order valence-electron chi connectivity index (χ0n) is 11.6. The lowest BCUT2D eigenvalue weighted by atomic mass is 10.1. The third-order valence-electron chi connectivity index (χ3n) is 3.53. The average molecular weight is 283 g/mol. The van der Waals surface area contributed by atoms with Crippen LogP contribution in [0.3, 0.4) is 0 Å². The van der Waals surface area contributed by atoms with Gasteiger partial charge in [-0.05, 0) is 54.6 Å². The quantitative estimate of drug-likeness (QED) is 0.783. The molecule has 20 heavy (non-hydrogen) atoms. The topological polar surface area (TPSA) is 37.8 Å². The molecule has 0 aliphatic rings. The Morgan fingerprint density at radius 1 is 1.05 bits per heavy atom. The van der Waals surface area contributed by atoms with Crippen molar-refractivity contribution in [2.45, 2.75) is 25.9 Å². The van der Waals surface area contributed by atoms with Gasteiger partial charge in [-0.25, -0.2) is 0 Å². The number of nitrogens with zero attached hydrogens (tertiary/aromatic N) is 2. The van der Waals surface area contributed by atoms with E-state index >= 15 is 0 Å². The lowest BCUT2D eigenvalue weighted by Gasteiger charge is -2.20. The molecule has 1 unspecified atom stereocenters. The number of rotatable bonds is 4. The Balaban J connectivity index is 1.76. The highest BCUT2D eigenvalue weighted by molar-refractivity contribution is 7.17. The standard InChI is InChI=1S/C16H17N3S/c1-11(13-3-6-17-7-4-13)19-12(2)14-9-16-15(18-10-14)5-8-20-16/h3-12,19H,1-2H3/t11-,12?/m0/s1. The van der Waals surface area contributed by atoms with Crippen LogP contribution in [0.15, 0.2) is 48.2 Å². The van der Waals surface area contributed by atoms with Gasteiger partial charge in [0.25, 0.3) is 0 Å². The van der Waals surface area contributed by atoms with Crippen LogP contribution in [0, 0.1) is 0 Å². The minimum Gasteiger partial charge on any atom is -0.304 e. The highest BCUT2D eigenvalue weighted by Gasteiger charge is 2.12. The van der Waals surface area contributed by atoms with Gasteiger partial charge in [0.15, 0.2) is 0 Å². The number of thiophene rings is 1. The molecule has 3 aromatic heterocycles. The van der Waals surface area contributed by atoms with E-state index in [1.165, 1.54) is 15.8 Å². The average Bonchev–Trinajstić information content (AvgIpc) is 2.95. The summed E-state index contributed by atoms with van der Waals surface area (Å²) in [4.78, 5) is 8.56. The molecule has 2 atom stereocenters. The molecule has 1 N–H and O–H groups in total. The normalized spacial score (nSPS) is 14.3. The van der Waals surface area contributed by atoms with Gasteiger partial charge in [0, 0.05) is 30.7 Å². The Labute approximate surface area is 122 Å². The second-order valence-corrected chi connectivity index (χ2v) is 5.91. The van der Waals surface area contributed by atoms with Crippen molar-refractivity contribution in [1.29, 1.82) is 0 Å². The molecule has 0 aliphatic carbocycles. The van der Waals surface area contributed by atoms with Gasteiger partial charge in [-0.1, -0.05) is 0 Å². The molecule has 3 aromatic rings. The molecule has 4 heteroatoms. The molecule has 0 amide bonds. The van der Waals surface area contributed by atoms with E-state index in [0.29, 0.717) is 0 Å². The van der Waals surface area contributed by atoms with Crippen molar-refractivity contribution in [2.24, 2.45) is 0 Å². The third-order valence-corrected chi connectivity index (χ3v) is 4.38. The fourth-order valence-corrected chi connectivity index (χ4v) is 3.11. The Morgan fingerprint density at radius 2 is 1.80 bits per heavy atom. The van der Waals surface area contributed by atoms with E-state index in [1.54, 1.807) is 11.3 Å². The van der Waals surface area contributed by atoms with Gasteiger partial charge >= 0.3 is 0 Å². The van der Waals surface area contributed by atoms with Gasteiger partial charge in [0.1, 0.15) is 0 Å². The molecule has 0 spiro atoms. The van der Waals surface area contributed by atoms with Crippen molar-refractivity contribution in [1.82, 2.24) is 15.3 Å². The summed E-state index contributed by atoms with van der Waals surface area (Å²) in [6.07, 6.45) is 5.63. The Bertz CT molecular complexity index is 693. The summed E-state index contributed by atoms with van der Waals surface area (Å²) >= 11 is 1.74. The largest absolute Gasteiger partial charge is 0.304 e. The SMILES string of the molecule is CC(N[C@@H](C)c1ccncc1)c1cnc2ccsc2c1. The van der Waals surface area contributed by atoms with Crippen molar-refractivity contribution in [2.75, 3.05) is 0 Å². The van der Waals surface area contributed by atoms with Crippen LogP contribution in [-0.2, 0) is 0 Å². The second-order valence-electron chi connectivity index (χ2n) is 4.96. The summed E-state index contributed by atoms with van der Waals surface area (Å²) in [7, 11) is 0. The first-order chi connectivity index (χ1) is 9.74. The summed E-state index contributed by atoms with van der Waals surface area (Å²) in [5.41, 5.74) is 3.55. The molecule has 0 aromatic carbocycles. The zero-order chi connectivity index (χ0) is 13.9. The molecule has 3 heterocycles. The van der Waals surface area contributed by atoms with E-state index in [1.807, 2.05) is 30.7 Å². The second kappa shape index (κ2) is 5.69. The summed E-state index contributed by atoms with van der Waals surface area (Å²) in [5.74, 6) is 0. The highest BCUT2D eigenvalue weighted by Crippen LogP contribution is 2.24. The lowest BCUT2D eigenvalue weighted by Crippen LogP contribution is -2.22. The van der Waals surface area contributed by atoms with Gasteiger partial charge in [-0.3, -0.25) is 9.97 Å². The van der Waals surface area contributed by atoms with E-state index in [9.17, 15) is 0 Å². The van der Waals surface area contributed by atoms with Gasteiger partial charge in [0.05, 0.1) is 10.2 Å². The molecule has 0 bridgehead atoms. The minimum absolute atomic E-state index is 0.261. The van der Waals surface area contributed by atoms with Crippen LogP contribution in [0.5, 0.6) is 0 Å². The van der Waals surface area contributed by atoms with Gasteiger partial charge in [-0.2, -0.15) is 0 Å². The summed E-state index contributed by atoms with van der Waals surface area (Å²) in [5, 5.41) is 5.69. The number of hydrogen-bond donors (Lipinski definition) is 1. The summed E-state index contributed by atoms with van der Waals surface area (Å²) in [6, 6.07) is 8.92. The van der Waals surface area contributed by atoms with E-state index in [2.05, 4.69) is 46.6 Å². The minimum atomic E-state index is 0.261. The number of fused-ring (bicyclic) bond motifs is 1. The van der Waals surface area contributed by atoms with E-state index < -0.39 is 0 Å². The first-order valence-corrected chi connectivity index (χ1v) is 7.61. The molecule has 0 saturated carbocycles. The predicted octanol–water partition coefficient (Wildman–Crippen LogP) is 4.10. The number of pyridine rings is 2. The van der Waals surface area contributed by atoms with Crippen molar-refractivity contribution < 1.29 is 0 Å². The maximum Gasteiger partial charge on any atom is 0.0809 e. The van der Waals surface area contributed by atoms with E-state index in [-0.39, 0.29) is 12.1 Å². The Hall–Kier alpha value is -1.78. The summed E-state index contributed by atoms with van der Waals surface area (Å²) in [6.45, 7) is 4.34. The van der Waals surface area contributed by atoms with E-state index in [4.69, 9.17) is 0 Å². The highest BCUT2D eigenvalue weighted by atomic mass is 32.1. The van der Waals surface area contributed by atoms with Crippen molar-refractivity contribution in [3.63, 3.8) is 0 Å². The van der Waals surface area contributed by atoms with Gasteiger partial charge < -0.3 is 5.32 Å². The number of aromatic nitrogens is 2. The summed E-state index contributed by atoms with van der Waals surface area (Å²) < 4.78 is 1.24. The molecule has 0 saturated heterocycles. The van der Waals surface area contributed by atoms with Crippen LogP contribution in [0.1, 0.15) is 37.1 Å². The Morgan fingerprint density at radius 3 is 2.60 bits per heavy atom. The molecule has 0 aliphatic heterocycles. The van der Waals surface area contributed by atoms with Crippen molar-refractivity contribution in [3.8, 4) is 0 Å². The van der Waals surface area contributed by atoms with Crippen LogP contribution in [0.25, 0.3) is 10.2 Å². The van der Waals surface area contributed by atoms with Crippen molar-refractivity contribution in [3.05, 3.63) is 59.4 Å². The van der Waals surface area contributed by atoms with E-state index in [0.717, 1.165) is 5.52 Å². The predicted molar refractivity (Wildman–Crippen MR) is 83.8 cm³/mol. The molecule has 102 valence electrons. The monoisotopic (exact) mass is 283 g/mol. The van der Waals surface area contributed by atoms with Crippen molar-refractivity contribution >= 4 is 21.6 Å². The Kier molecular flexibility index (Phi) is 3.76. The zero-order valence-corrected chi connectivity index (χ0v) is 12.4. The maximum absolute atomic E-state index is 4.50. The first kappa shape index (κ1) is 13.2. The van der Waals surface area contributed by atoms with Crippen LogP contribution < -0.4 is 5.32 Å². The number of nitrogens with one attached hydrogen (secondary N) is 1. The third kappa shape index (κ3) is 2.71. The van der Waals surface area contributed by atoms with Gasteiger partial charge in [-0.15, -0.1) is 11.3 Å². The molecule has 3 nitrogen and oxygen atoms in total. The van der Waals surface area contributed by atoms with Crippen LogP contribution in [0.2, 0.25) is 0 Å². The molecule has 0 radical (unpaired) electrons. The lowest BCUT2D eigenvalue weighted by molar-refractivity contribution is 0.494. The molecular weight excluding hydrogens is 266 g/mol. The fraction of sp³-hybridized carbons (Fsp3) is 0.250. The molecule has 3 rings (SSSR count). The molecular formula is C16H17N3S.